The second kappa shape index (κ2) is 8.93. The summed E-state index contributed by atoms with van der Waals surface area (Å²) >= 11 is 0. The minimum absolute atomic E-state index is 0.0678. The lowest BCUT2D eigenvalue weighted by Crippen LogP contribution is -2.43. The van der Waals surface area contributed by atoms with Gasteiger partial charge in [-0.15, -0.1) is 0 Å². The quantitative estimate of drug-likeness (QED) is 0.628. The molecule has 0 aliphatic carbocycles. The fourth-order valence-corrected chi connectivity index (χ4v) is 3.56. The summed E-state index contributed by atoms with van der Waals surface area (Å²) in [7, 11) is 3.82. The second-order valence-corrected chi connectivity index (χ2v) is 7.50. The number of guanidine groups is 1. The van der Waals surface area contributed by atoms with E-state index in [-0.39, 0.29) is 6.10 Å². The molecule has 2 unspecified atom stereocenters. The molecular weight excluding hydrogens is 338 g/mol. The minimum Gasteiger partial charge on any atom is -0.489 e. The van der Waals surface area contributed by atoms with Crippen molar-refractivity contribution in [2.24, 2.45) is 18.0 Å². The number of benzene rings is 1. The molecule has 1 fully saturated rings. The first-order valence-electron chi connectivity index (χ1n) is 9.70. The number of hydrogen-bond acceptors (Lipinski definition) is 3. The Morgan fingerprint density at radius 1 is 1.37 bits per heavy atom. The minimum atomic E-state index is 0.0678. The van der Waals surface area contributed by atoms with Crippen LogP contribution >= 0.6 is 0 Å². The monoisotopic (exact) mass is 369 g/mol. The first kappa shape index (κ1) is 19.3. The van der Waals surface area contributed by atoms with Gasteiger partial charge in [0.2, 0.25) is 0 Å². The smallest absolute Gasteiger partial charge is 0.193 e. The summed E-state index contributed by atoms with van der Waals surface area (Å²) in [6.45, 7) is 6.95. The van der Waals surface area contributed by atoms with Crippen molar-refractivity contribution in [1.29, 1.82) is 0 Å². The zero-order chi connectivity index (χ0) is 19.2. The molecule has 2 heterocycles. The molecule has 1 aliphatic heterocycles. The maximum absolute atomic E-state index is 5.98. The Morgan fingerprint density at radius 3 is 2.81 bits per heavy atom. The van der Waals surface area contributed by atoms with Crippen LogP contribution in [-0.2, 0) is 13.5 Å². The van der Waals surface area contributed by atoms with Crippen LogP contribution in [0.15, 0.2) is 41.7 Å². The van der Waals surface area contributed by atoms with Crippen LogP contribution in [0.3, 0.4) is 0 Å². The van der Waals surface area contributed by atoms with Crippen molar-refractivity contribution in [3.05, 3.63) is 47.8 Å². The first-order chi connectivity index (χ1) is 13.0. The summed E-state index contributed by atoms with van der Waals surface area (Å²) in [6.07, 6.45) is 6.41. The van der Waals surface area contributed by atoms with Gasteiger partial charge in [0.15, 0.2) is 5.96 Å². The van der Waals surface area contributed by atoms with E-state index in [1.165, 1.54) is 17.5 Å². The average Bonchev–Trinajstić information content (AvgIpc) is 3.27. The molecule has 1 aromatic heterocycles. The Morgan fingerprint density at radius 2 is 2.15 bits per heavy atom. The van der Waals surface area contributed by atoms with Crippen LogP contribution in [0.25, 0.3) is 0 Å². The van der Waals surface area contributed by atoms with E-state index in [0.717, 1.165) is 37.8 Å². The van der Waals surface area contributed by atoms with Crippen molar-refractivity contribution < 1.29 is 4.74 Å². The molecule has 27 heavy (non-hydrogen) atoms. The number of hydrogen-bond donors (Lipinski definition) is 1. The molecule has 0 amide bonds. The maximum atomic E-state index is 5.98. The summed E-state index contributed by atoms with van der Waals surface area (Å²) in [5.41, 5.74) is 2.55. The van der Waals surface area contributed by atoms with Gasteiger partial charge in [-0.2, -0.15) is 5.10 Å². The van der Waals surface area contributed by atoms with E-state index in [1.807, 2.05) is 37.1 Å². The van der Waals surface area contributed by atoms with Crippen molar-refractivity contribution in [3.8, 4) is 5.75 Å². The molecule has 1 aromatic carbocycles. The fourth-order valence-electron chi connectivity index (χ4n) is 3.56. The van der Waals surface area contributed by atoms with Crippen molar-refractivity contribution in [2.45, 2.75) is 32.8 Å². The molecule has 1 saturated heterocycles. The lowest BCUT2D eigenvalue weighted by Gasteiger charge is -2.23. The van der Waals surface area contributed by atoms with E-state index < -0.39 is 0 Å². The number of nitrogens with one attached hydrogen (secondary N) is 1. The highest BCUT2D eigenvalue weighted by atomic mass is 16.5. The number of nitrogens with zero attached hydrogens (tertiary/aromatic N) is 4. The van der Waals surface area contributed by atoms with E-state index in [2.05, 4.69) is 52.5 Å². The second-order valence-electron chi connectivity index (χ2n) is 7.50. The number of aliphatic imine (C=N–C) groups is 1. The van der Waals surface area contributed by atoms with Crippen molar-refractivity contribution >= 4 is 5.96 Å². The summed E-state index contributed by atoms with van der Waals surface area (Å²) < 4.78 is 7.86. The number of likely N-dealkylation sites (tertiary alicyclic amines) is 1. The van der Waals surface area contributed by atoms with Crippen LogP contribution in [0, 0.1) is 12.8 Å². The van der Waals surface area contributed by atoms with Crippen LogP contribution in [0.4, 0.5) is 0 Å². The molecule has 1 N–H and O–H groups in total. The zero-order valence-electron chi connectivity index (χ0n) is 16.9. The Kier molecular flexibility index (Phi) is 6.37. The van der Waals surface area contributed by atoms with Gasteiger partial charge in [0.25, 0.3) is 0 Å². The van der Waals surface area contributed by atoms with Crippen LogP contribution in [-0.4, -0.2) is 53.4 Å². The van der Waals surface area contributed by atoms with E-state index >= 15 is 0 Å². The van der Waals surface area contributed by atoms with Gasteiger partial charge < -0.3 is 15.0 Å². The van der Waals surface area contributed by atoms with Crippen molar-refractivity contribution in [1.82, 2.24) is 20.0 Å². The predicted octanol–water partition coefficient (Wildman–Crippen LogP) is 2.64. The number of ether oxygens (including phenoxy) is 1. The summed E-state index contributed by atoms with van der Waals surface area (Å²) in [6, 6.07) is 8.18. The predicted molar refractivity (Wildman–Crippen MR) is 109 cm³/mol. The van der Waals surface area contributed by atoms with E-state index in [4.69, 9.17) is 4.74 Å². The third kappa shape index (κ3) is 5.49. The third-order valence-corrected chi connectivity index (χ3v) is 4.99. The number of aromatic nitrogens is 2. The summed E-state index contributed by atoms with van der Waals surface area (Å²) in [4.78, 5) is 6.81. The van der Waals surface area contributed by atoms with Crippen LogP contribution in [0.5, 0.6) is 5.75 Å². The van der Waals surface area contributed by atoms with Crippen molar-refractivity contribution in [3.63, 3.8) is 0 Å². The van der Waals surface area contributed by atoms with E-state index in [0.29, 0.717) is 5.92 Å². The normalized spacial score (nSPS) is 18.6. The van der Waals surface area contributed by atoms with Gasteiger partial charge in [-0.25, -0.2) is 0 Å². The Bertz CT molecular complexity index is 752. The molecule has 0 saturated carbocycles. The van der Waals surface area contributed by atoms with Gasteiger partial charge in [-0.1, -0.05) is 17.7 Å². The molecule has 0 radical (unpaired) electrons. The Hall–Kier alpha value is -2.50. The molecular formula is C21H31N5O. The van der Waals surface area contributed by atoms with Gasteiger partial charge >= 0.3 is 0 Å². The van der Waals surface area contributed by atoms with Gasteiger partial charge in [-0.3, -0.25) is 9.67 Å². The Balaban J connectivity index is 1.45. The molecule has 1 aliphatic rings. The standard InChI is InChI=1S/C21H31N5O/c1-16-5-7-20(8-6-16)27-17(2)12-23-21(22-3)26-10-9-18(15-26)11-19-13-24-25(4)14-19/h5-8,13-14,17-18H,9-12,15H2,1-4H3,(H,22,23). The molecule has 146 valence electrons. The van der Waals surface area contributed by atoms with Crippen LogP contribution in [0.1, 0.15) is 24.5 Å². The SMILES string of the molecule is CN=C(NCC(C)Oc1ccc(C)cc1)N1CCC(Cc2cnn(C)c2)C1. The number of rotatable bonds is 6. The average molecular weight is 370 g/mol. The zero-order valence-corrected chi connectivity index (χ0v) is 16.9. The molecule has 2 atom stereocenters. The van der Waals surface area contributed by atoms with Crippen molar-refractivity contribution in [2.75, 3.05) is 26.7 Å². The van der Waals surface area contributed by atoms with Gasteiger partial charge in [0, 0.05) is 33.4 Å². The third-order valence-electron chi connectivity index (χ3n) is 4.99. The maximum Gasteiger partial charge on any atom is 0.193 e. The first-order valence-corrected chi connectivity index (χ1v) is 9.70. The molecule has 6 nitrogen and oxygen atoms in total. The molecule has 6 heteroatoms. The lowest BCUT2D eigenvalue weighted by atomic mass is 10.0. The highest BCUT2D eigenvalue weighted by Gasteiger charge is 2.25. The molecule has 3 rings (SSSR count). The molecule has 2 aromatic rings. The van der Waals surface area contributed by atoms with Gasteiger partial charge in [-0.05, 0) is 50.3 Å². The van der Waals surface area contributed by atoms with Gasteiger partial charge in [0.1, 0.15) is 11.9 Å². The summed E-state index contributed by atoms with van der Waals surface area (Å²) in [5.74, 6) is 2.51. The highest BCUT2D eigenvalue weighted by Crippen LogP contribution is 2.20. The Labute approximate surface area is 162 Å². The van der Waals surface area contributed by atoms with Crippen LogP contribution in [0.2, 0.25) is 0 Å². The molecule has 0 bridgehead atoms. The van der Waals surface area contributed by atoms with Crippen LogP contribution < -0.4 is 10.1 Å². The lowest BCUT2D eigenvalue weighted by molar-refractivity contribution is 0.222. The van der Waals surface area contributed by atoms with E-state index in [9.17, 15) is 0 Å². The molecule has 0 spiro atoms. The fraction of sp³-hybridized carbons (Fsp3) is 0.524. The van der Waals surface area contributed by atoms with E-state index in [1.54, 1.807) is 0 Å². The van der Waals surface area contributed by atoms with Gasteiger partial charge in [0.05, 0.1) is 12.7 Å². The summed E-state index contributed by atoms with van der Waals surface area (Å²) in [5, 5.41) is 7.74. The topological polar surface area (TPSA) is 54.7 Å². The number of aryl methyl sites for hydroxylation is 2. The largest absolute Gasteiger partial charge is 0.489 e. The highest BCUT2D eigenvalue weighted by molar-refractivity contribution is 5.80.